The lowest BCUT2D eigenvalue weighted by Gasteiger charge is -2.25. The molecule has 4 rings (SSSR count). The van der Waals surface area contributed by atoms with Crippen LogP contribution in [0.25, 0.3) is 22.2 Å². The summed E-state index contributed by atoms with van der Waals surface area (Å²) in [5, 5.41) is 19.7. The number of ether oxygens (including phenoxy) is 1. The van der Waals surface area contributed by atoms with Crippen LogP contribution >= 0.6 is 0 Å². The van der Waals surface area contributed by atoms with E-state index in [9.17, 15) is 14.3 Å². The van der Waals surface area contributed by atoms with Gasteiger partial charge in [-0.2, -0.15) is 9.49 Å². The number of anilines is 1. The fourth-order valence-electron chi connectivity index (χ4n) is 2.89. The minimum Gasteiger partial charge on any atom is -0.441 e. The van der Waals surface area contributed by atoms with Crippen LogP contribution in [0.2, 0.25) is 0 Å². The number of aliphatic hydroxyl groups excluding tert-OH is 1. The summed E-state index contributed by atoms with van der Waals surface area (Å²) in [5.41, 5.74) is 3.22. The average molecular weight is 328 g/mol. The zero-order chi connectivity index (χ0) is 16.7. The summed E-state index contributed by atoms with van der Waals surface area (Å²) >= 11 is 0. The summed E-state index contributed by atoms with van der Waals surface area (Å²) in [7, 11) is 0. The van der Waals surface area contributed by atoms with E-state index in [0.29, 0.717) is 28.9 Å². The second-order valence-electron chi connectivity index (χ2n) is 5.46. The first-order valence-corrected chi connectivity index (χ1v) is 7.38. The van der Waals surface area contributed by atoms with Crippen LogP contribution in [0.1, 0.15) is 18.1 Å². The number of aromatic amines is 1. The molecule has 1 atom stereocenters. The Bertz CT molecular complexity index is 940. The molecule has 0 saturated heterocycles. The maximum absolute atomic E-state index is 13.4. The van der Waals surface area contributed by atoms with Crippen molar-refractivity contribution in [3.05, 3.63) is 42.0 Å². The van der Waals surface area contributed by atoms with E-state index in [4.69, 9.17) is 4.74 Å². The first kappa shape index (κ1) is 14.6. The van der Waals surface area contributed by atoms with Crippen LogP contribution in [-0.4, -0.2) is 33.0 Å². The predicted molar refractivity (Wildman–Crippen MR) is 83.8 cm³/mol. The Morgan fingerprint density at radius 1 is 1.33 bits per heavy atom. The van der Waals surface area contributed by atoms with Gasteiger partial charge in [-0.05, 0) is 18.2 Å². The normalized spacial score (nSPS) is 16.6. The molecule has 0 spiro atoms. The molecule has 0 radical (unpaired) electrons. The fourth-order valence-corrected chi connectivity index (χ4v) is 2.89. The Kier molecular flexibility index (Phi) is 3.39. The summed E-state index contributed by atoms with van der Waals surface area (Å²) in [5.74, 6) is -0.588. The third-order valence-corrected chi connectivity index (χ3v) is 3.96. The number of pyridine rings is 1. The van der Waals surface area contributed by atoms with Crippen molar-refractivity contribution in [2.24, 2.45) is 0 Å². The zero-order valence-corrected chi connectivity index (χ0v) is 12.4. The summed E-state index contributed by atoms with van der Waals surface area (Å²) in [6.07, 6.45) is 0.570. The molecule has 122 valence electrons. The van der Waals surface area contributed by atoms with Gasteiger partial charge in [-0.1, -0.05) is 0 Å². The van der Waals surface area contributed by atoms with Gasteiger partial charge in [0.1, 0.15) is 11.8 Å². The van der Waals surface area contributed by atoms with E-state index in [1.54, 1.807) is 12.1 Å². The maximum Gasteiger partial charge on any atom is 0.412 e. The van der Waals surface area contributed by atoms with Crippen molar-refractivity contribution in [1.29, 1.82) is 0 Å². The van der Waals surface area contributed by atoms with Crippen LogP contribution in [0.4, 0.5) is 14.9 Å². The minimum atomic E-state index is -0.588. The van der Waals surface area contributed by atoms with Crippen molar-refractivity contribution in [2.45, 2.75) is 12.5 Å². The highest BCUT2D eigenvalue weighted by Gasteiger charge is 2.27. The Morgan fingerprint density at radius 3 is 3.00 bits per heavy atom. The Morgan fingerprint density at radius 2 is 2.21 bits per heavy atom. The highest BCUT2D eigenvalue weighted by molar-refractivity contribution is 5.98. The van der Waals surface area contributed by atoms with Gasteiger partial charge in [-0.15, -0.1) is 0 Å². The number of nitrogens with one attached hydrogen (secondary N) is 2. The van der Waals surface area contributed by atoms with E-state index in [0.717, 1.165) is 10.9 Å². The lowest BCUT2D eigenvalue weighted by Crippen LogP contribution is -2.25. The molecule has 0 saturated carbocycles. The number of aromatic nitrogens is 3. The van der Waals surface area contributed by atoms with Crippen molar-refractivity contribution in [3.63, 3.8) is 0 Å². The number of nitrogens with zero attached hydrogens (tertiary/aromatic N) is 2. The van der Waals surface area contributed by atoms with E-state index in [1.165, 1.54) is 12.3 Å². The molecule has 0 bridgehead atoms. The summed E-state index contributed by atoms with van der Waals surface area (Å²) in [4.78, 5) is 15.2. The van der Waals surface area contributed by atoms with Crippen LogP contribution in [0.5, 0.6) is 0 Å². The molecule has 1 amide bonds. The van der Waals surface area contributed by atoms with E-state index in [1.807, 2.05) is 6.07 Å². The van der Waals surface area contributed by atoms with Crippen molar-refractivity contribution in [2.75, 3.05) is 11.9 Å². The molecule has 1 unspecified atom stereocenters. The molecule has 24 heavy (non-hydrogen) atoms. The Labute approximate surface area is 135 Å². The lowest BCUT2D eigenvalue weighted by atomic mass is 9.99. The predicted octanol–water partition coefficient (Wildman–Crippen LogP) is 2.75. The van der Waals surface area contributed by atoms with Crippen molar-refractivity contribution < 1.29 is 19.0 Å². The van der Waals surface area contributed by atoms with Crippen LogP contribution in [0.15, 0.2) is 30.5 Å². The van der Waals surface area contributed by atoms with Gasteiger partial charge in [-0.3, -0.25) is 10.4 Å². The molecular formula is C16H13FN4O3. The molecule has 7 nitrogen and oxygen atoms in total. The largest absolute Gasteiger partial charge is 0.441 e. The SMILES string of the molecule is O=C1Nc2cc3[nH]nc(-c4ccnc(F)c4)c3cc2C(CCO)O1. The number of carbonyl (C=O) groups excluding carboxylic acids is 1. The molecule has 1 aliphatic heterocycles. The molecule has 3 heterocycles. The number of aliphatic hydroxyl groups is 1. The first-order valence-electron chi connectivity index (χ1n) is 7.38. The number of cyclic esters (lactones) is 1. The molecule has 1 aliphatic rings. The zero-order valence-electron chi connectivity index (χ0n) is 12.4. The molecule has 1 aromatic carbocycles. The molecular weight excluding hydrogens is 315 g/mol. The first-order chi connectivity index (χ1) is 11.7. The minimum absolute atomic E-state index is 0.108. The second-order valence-corrected chi connectivity index (χ2v) is 5.46. The highest BCUT2D eigenvalue weighted by atomic mass is 19.1. The topological polar surface area (TPSA) is 100 Å². The molecule has 3 aromatic rings. The number of rotatable bonds is 3. The van der Waals surface area contributed by atoms with Crippen molar-refractivity contribution >= 4 is 22.7 Å². The van der Waals surface area contributed by atoms with Gasteiger partial charge in [0.25, 0.3) is 0 Å². The van der Waals surface area contributed by atoms with Crippen LogP contribution in [0, 0.1) is 5.95 Å². The van der Waals surface area contributed by atoms with Gasteiger partial charge in [0.05, 0.1) is 11.2 Å². The maximum atomic E-state index is 13.4. The van der Waals surface area contributed by atoms with E-state index in [-0.39, 0.29) is 6.61 Å². The summed E-state index contributed by atoms with van der Waals surface area (Å²) < 4.78 is 18.6. The second kappa shape index (κ2) is 5.57. The van der Waals surface area contributed by atoms with Gasteiger partial charge in [0, 0.05) is 41.8 Å². The van der Waals surface area contributed by atoms with Crippen LogP contribution in [-0.2, 0) is 4.74 Å². The molecule has 0 fully saturated rings. The van der Waals surface area contributed by atoms with Gasteiger partial charge >= 0.3 is 6.09 Å². The van der Waals surface area contributed by atoms with E-state index >= 15 is 0 Å². The third kappa shape index (κ3) is 2.37. The molecule has 2 aromatic heterocycles. The number of hydrogen-bond donors (Lipinski definition) is 3. The molecule has 8 heteroatoms. The van der Waals surface area contributed by atoms with Crippen LogP contribution < -0.4 is 5.32 Å². The number of carbonyl (C=O) groups is 1. The molecule has 0 aliphatic carbocycles. The van der Waals surface area contributed by atoms with Gasteiger partial charge in [0.2, 0.25) is 5.95 Å². The van der Waals surface area contributed by atoms with Crippen molar-refractivity contribution in [3.8, 4) is 11.3 Å². The number of fused-ring (bicyclic) bond motifs is 2. The Hall–Kier alpha value is -3.00. The third-order valence-electron chi connectivity index (χ3n) is 3.96. The standard InChI is InChI=1S/C16H13FN4O3/c17-14-5-8(1-3-18-14)15-10-6-9-11(7-12(10)20-21-15)19-16(23)24-13(9)2-4-22/h1,3,5-7,13,22H,2,4H2,(H,19,23)(H,20,21). The smallest absolute Gasteiger partial charge is 0.412 e. The summed E-state index contributed by atoms with van der Waals surface area (Å²) in [6.45, 7) is -0.108. The number of H-pyrrole nitrogens is 1. The summed E-state index contributed by atoms with van der Waals surface area (Å²) in [6, 6.07) is 6.56. The van der Waals surface area contributed by atoms with Gasteiger partial charge in [-0.25, -0.2) is 9.78 Å². The lowest BCUT2D eigenvalue weighted by molar-refractivity contribution is 0.0873. The van der Waals surface area contributed by atoms with E-state index in [2.05, 4.69) is 20.5 Å². The highest BCUT2D eigenvalue weighted by Crippen LogP contribution is 2.38. The number of hydrogen-bond acceptors (Lipinski definition) is 5. The quantitative estimate of drug-likeness (QED) is 0.642. The molecule has 3 N–H and O–H groups in total. The Balaban J connectivity index is 1.88. The van der Waals surface area contributed by atoms with E-state index < -0.39 is 18.1 Å². The number of amides is 1. The van der Waals surface area contributed by atoms with Gasteiger partial charge < -0.3 is 9.84 Å². The monoisotopic (exact) mass is 328 g/mol. The number of benzene rings is 1. The van der Waals surface area contributed by atoms with Crippen LogP contribution in [0.3, 0.4) is 0 Å². The van der Waals surface area contributed by atoms with Crippen molar-refractivity contribution in [1.82, 2.24) is 15.2 Å². The number of halogens is 1. The average Bonchev–Trinajstić information content (AvgIpc) is 2.96. The van der Waals surface area contributed by atoms with Gasteiger partial charge in [0.15, 0.2) is 0 Å². The fraction of sp³-hybridized carbons (Fsp3) is 0.188.